The van der Waals surface area contributed by atoms with Gasteiger partial charge in [-0.1, -0.05) is 13.8 Å². The molecule has 78 valence electrons. The van der Waals surface area contributed by atoms with Crippen LogP contribution in [0.4, 0.5) is 0 Å². The van der Waals surface area contributed by atoms with Crippen LogP contribution in [-0.4, -0.2) is 31.5 Å². The van der Waals surface area contributed by atoms with Crippen molar-refractivity contribution in [2.24, 2.45) is 5.10 Å². The van der Waals surface area contributed by atoms with Gasteiger partial charge in [0.15, 0.2) is 0 Å². The molecule has 0 saturated carbocycles. The van der Waals surface area contributed by atoms with Gasteiger partial charge >= 0.3 is 10.2 Å². The first-order valence-electron chi connectivity index (χ1n) is 4.21. The van der Waals surface area contributed by atoms with Crippen LogP contribution in [0.5, 0.6) is 0 Å². The molecule has 0 aliphatic rings. The summed E-state index contributed by atoms with van der Waals surface area (Å²) in [6.07, 6.45) is 0. The molecule has 0 radical (unpaired) electrons. The van der Waals surface area contributed by atoms with Crippen LogP contribution in [0.15, 0.2) is 5.10 Å². The van der Waals surface area contributed by atoms with Crippen LogP contribution in [0, 0.1) is 0 Å². The van der Waals surface area contributed by atoms with Crippen molar-refractivity contribution in [1.29, 1.82) is 0 Å². The molecule has 6 heteroatoms. The summed E-state index contributed by atoms with van der Waals surface area (Å²) in [6, 6.07) is 0. The fourth-order valence-corrected chi connectivity index (χ4v) is 1.86. The van der Waals surface area contributed by atoms with E-state index < -0.39 is 10.2 Å². The van der Waals surface area contributed by atoms with Crippen LogP contribution in [0.1, 0.15) is 27.7 Å². The van der Waals surface area contributed by atoms with E-state index in [0.29, 0.717) is 18.8 Å². The van der Waals surface area contributed by atoms with Crippen molar-refractivity contribution in [2.45, 2.75) is 27.7 Å². The molecule has 0 fully saturated rings. The van der Waals surface area contributed by atoms with Crippen LogP contribution in [0.2, 0.25) is 0 Å². The maximum absolute atomic E-state index is 11.4. The lowest BCUT2D eigenvalue weighted by Gasteiger charge is -2.16. The van der Waals surface area contributed by atoms with Gasteiger partial charge in [-0.3, -0.25) is 0 Å². The van der Waals surface area contributed by atoms with Crippen LogP contribution < -0.4 is 4.83 Å². The van der Waals surface area contributed by atoms with E-state index in [2.05, 4.69) is 9.93 Å². The Morgan fingerprint density at radius 3 is 2.08 bits per heavy atom. The third kappa shape index (κ3) is 4.23. The molecule has 0 aliphatic heterocycles. The Balaban J connectivity index is 4.48. The van der Waals surface area contributed by atoms with Crippen molar-refractivity contribution in [3.05, 3.63) is 0 Å². The van der Waals surface area contributed by atoms with Crippen molar-refractivity contribution < 1.29 is 8.42 Å². The lowest BCUT2D eigenvalue weighted by Crippen LogP contribution is -2.38. The molecule has 0 atom stereocenters. The zero-order valence-corrected chi connectivity index (χ0v) is 9.35. The van der Waals surface area contributed by atoms with Crippen molar-refractivity contribution in [1.82, 2.24) is 9.14 Å². The number of hydrazone groups is 1. The predicted octanol–water partition coefficient (Wildman–Crippen LogP) is 0.558. The van der Waals surface area contributed by atoms with Gasteiger partial charge in [-0.25, -0.2) is 0 Å². The zero-order chi connectivity index (χ0) is 10.5. The predicted molar refractivity (Wildman–Crippen MR) is 53.8 cm³/mol. The minimum atomic E-state index is -3.42. The van der Waals surface area contributed by atoms with Crippen molar-refractivity contribution >= 4 is 15.9 Å². The summed E-state index contributed by atoms with van der Waals surface area (Å²) in [5, 5.41) is 3.65. The Kier molecular flexibility index (Phi) is 4.94. The lowest BCUT2D eigenvalue weighted by molar-refractivity contribution is 0.436. The molecule has 0 bridgehead atoms. The number of rotatable bonds is 5. The van der Waals surface area contributed by atoms with E-state index >= 15 is 0 Å². The first-order valence-corrected chi connectivity index (χ1v) is 5.65. The SMILES string of the molecule is CCN(CC)S(=O)(=O)NN=C(C)C. The van der Waals surface area contributed by atoms with E-state index in [-0.39, 0.29) is 0 Å². The highest BCUT2D eigenvalue weighted by Crippen LogP contribution is 1.95. The van der Waals surface area contributed by atoms with Crippen LogP contribution in [-0.2, 0) is 10.2 Å². The van der Waals surface area contributed by atoms with Gasteiger partial charge in [-0.05, 0) is 13.8 Å². The first kappa shape index (κ1) is 12.4. The second-order valence-electron chi connectivity index (χ2n) is 2.74. The highest BCUT2D eigenvalue weighted by Gasteiger charge is 2.16. The molecule has 0 heterocycles. The molecule has 0 spiro atoms. The van der Waals surface area contributed by atoms with Gasteiger partial charge in [0.2, 0.25) is 0 Å². The molecular formula is C7H17N3O2S. The molecular weight excluding hydrogens is 190 g/mol. The maximum atomic E-state index is 11.4. The van der Waals surface area contributed by atoms with E-state index in [1.807, 2.05) is 0 Å². The molecule has 13 heavy (non-hydrogen) atoms. The molecule has 0 amide bonds. The van der Waals surface area contributed by atoms with Gasteiger partial charge in [-0.2, -0.15) is 22.7 Å². The summed E-state index contributed by atoms with van der Waals surface area (Å²) in [7, 11) is -3.42. The van der Waals surface area contributed by atoms with E-state index in [1.165, 1.54) is 4.31 Å². The molecule has 0 aliphatic carbocycles. The molecule has 0 aromatic heterocycles. The van der Waals surface area contributed by atoms with E-state index in [4.69, 9.17) is 0 Å². The second kappa shape index (κ2) is 5.18. The number of hydrogen-bond acceptors (Lipinski definition) is 3. The Bertz CT molecular complexity index is 263. The molecule has 0 unspecified atom stereocenters. The molecule has 0 saturated heterocycles. The Hall–Kier alpha value is -0.620. The standard InChI is InChI=1S/C7H17N3O2S/c1-5-10(6-2)13(11,12)9-8-7(3)4/h9H,5-6H2,1-4H3. The number of nitrogens with zero attached hydrogens (tertiary/aromatic N) is 2. The van der Waals surface area contributed by atoms with Crippen LogP contribution in [0.3, 0.4) is 0 Å². The smallest absolute Gasteiger partial charge is 0.191 e. The highest BCUT2D eigenvalue weighted by atomic mass is 32.2. The molecule has 0 aromatic carbocycles. The second-order valence-corrected chi connectivity index (χ2v) is 4.39. The summed E-state index contributed by atoms with van der Waals surface area (Å²) in [6.45, 7) is 7.92. The molecule has 0 aromatic rings. The molecule has 1 N–H and O–H groups in total. The average molecular weight is 207 g/mol. The Labute approximate surface area is 80.0 Å². The Morgan fingerprint density at radius 2 is 1.77 bits per heavy atom. The average Bonchev–Trinajstić information content (AvgIpc) is 2.03. The van der Waals surface area contributed by atoms with E-state index in [9.17, 15) is 8.42 Å². The van der Waals surface area contributed by atoms with Crippen LogP contribution in [0.25, 0.3) is 0 Å². The fourth-order valence-electron chi connectivity index (χ4n) is 0.770. The number of hydrogen-bond donors (Lipinski definition) is 1. The van der Waals surface area contributed by atoms with Gasteiger partial charge in [0.05, 0.1) is 0 Å². The van der Waals surface area contributed by atoms with Crippen molar-refractivity contribution in [3.63, 3.8) is 0 Å². The summed E-state index contributed by atoms with van der Waals surface area (Å²) in [5.74, 6) is 0. The lowest BCUT2D eigenvalue weighted by atomic mass is 10.5. The Morgan fingerprint density at radius 1 is 1.31 bits per heavy atom. The largest absolute Gasteiger partial charge is 0.316 e. The zero-order valence-electron chi connectivity index (χ0n) is 8.53. The van der Waals surface area contributed by atoms with Gasteiger partial charge in [0.1, 0.15) is 0 Å². The van der Waals surface area contributed by atoms with Gasteiger partial charge in [0.25, 0.3) is 0 Å². The topological polar surface area (TPSA) is 61.8 Å². The summed E-state index contributed by atoms with van der Waals surface area (Å²) < 4.78 is 24.1. The van der Waals surface area contributed by atoms with Gasteiger partial charge in [-0.15, -0.1) is 0 Å². The molecule has 0 rings (SSSR count). The molecule has 5 nitrogen and oxygen atoms in total. The summed E-state index contributed by atoms with van der Waals surface area (Å²) >= 11 is 0. The highest BCUT2D eigenvalue weighted by molar-refractivity contribution is 7.87. The van der Waals surface area contributed by atoms with E-state index in [0.717, 1.165) is 0 Å². The summed E-state index contributed by atoms with van der Waals surface area (Å²) in [4.78, 5) is 2.15. The first-order chi connectivity index (χ1) is 5.94. The van der Waals surface area contributed by atoms with Crippen molar-refractivity contribution in [3.8, 4) is 0 Å². The normalized spacial score (nSPS) is 11.5. The maximum Gasteiger partial charge on any atom is 0.316 e. The minimum Gasteiger partial charge on any atom is -0.191 e. The quantitative estimate of drug-likeness (QED) is 0.529. The van der Waals surface area contributed by atoms with Crippen molar-refractivity contribution in [2.75, 3.05) is 13.1 Å². The van der Waals surface area contributed by atoms with E-state index in [1.54, 1.807) is 27.7 Å². The summed E-state index contributed by atoms with van der Waals surface area (Å²) in [5.41, 5.74) is 0.677. The van der Waals surface area contributed by atoms with Crippen LogP contribution >= 0.6 is 0 Å². The minimum absolute atomic E-state index is 0.449. The van der Waals surface area contributed by atoms with Gasteiger partial charge < -0.3 is 0 Å². The number of nitrogens with one attached hydrogen (secondary N) is 1. The fraction of sp³-hybridized carbons (Fsp3) is 0.857. The monoisotopic (exact) mass is 207 g/mol. The third-order valence-corrected chi connectivity index (χ3v) is 2.95. The van der Waals surface area contributed by atoms with Gasteiger partial charge in [0, 0.05) is 18.8 Å². The third-order valence-electron chi connectivity index (χ3n) is 1.43.